The van der Waals surface area contributed by atoms with Crippen LogP contribution in [0.2, 0.25) is 10.0 Å². The van der Waals surface area contributed by atoms with E-state index in [0.29, 0.717) is 45.2 Å². The number of nitrogens with zero attached hydrogens (tertiary/aromatic N) is 3. The van der Waals surface area contributed by atoms with Crippen molar-refractivity contribution in [2.24, 2.45) is 0 Å². The fourth-order valence-electron chi connectivity index (χ4n) is 3.53. The first-order chi connectivity index (χ1) is 16.9. The predicted molar refractivity (Wildman–Crippen MR) is 141 cm³/mol. The van der Waals surface area contributed by atoms with Gasteiger partial charge in [-0.2, -0.15) is 0 Å². The van der Waals surface area contributed by atoms with Gasteiger partial charge in [-0.1, -0.05) is 89.6 Å². The summed E-state index contributed by atoms with van der Waals surface area (Å²) < 4.78 is 1.82. The van der Waals surface area contributed by atoms with E-state index in [2.05, 4.69) is 15.5 Å². The summed E-state index contributed by atoms with van der Waals surface area (Å²) in [5.74, 6) is 0.663. The lowest BCUT2D eigenvalue weighted by atomic mass is 10.0. The number of carbonyl (C=O) groups excluding carboxylic acids is 2. The first-order valence-corrected chi connectivity index (χ1v) is 12.6. The molecule has 0 spiro atoms. The van der Waals surface area contributed by atoms with Crippen LogP contribution in [0.3, 0.4) is 0 Å². The van der Waals surface area contributed by atoms with Crippen molar-refractivity contribution in [3.05, 3.63) is 94.2 Å². The van der Waals surface area contributed by atoms with Gasteiger partial charge in [0.1, 0.15) is 5.82 Å². The summed E-state index contributed by atoms with van der Waals surface area (Å²) in [6, 6.07) is 22.7. The molecule has 0 saturated heterocycles. The molecule has 0 unspecified atom stereocenters. The van der Waals surface area contributed by atoms with Crippen molar-refractivity contribution in [3.8, 4) is 16.8 Å². The van der Waals surface area contributed by atoms with Crippen molar-refractivity contribution in [3.63, 3.8) is 0 Å². The highest BCUT2D eigenvalue weighted by Crippen LogP contribution is 2.28. The Morgan fingerprint density at radius 2 is 1.57 bits per heavy atom. The van der Waals surface area contributed by atoms with Gasteiger partial charge in [0.2, 0.25) is 5.91 Å². The topological polar surface area (TPSA) is 76.9 Å². The number of benzene rings is 3. The zero-order valence-corrected chi connectivity index (χ0v) is 21.2. The van der Waals surface area contributed by atoms with Gasteiger partial charge in [0, 0.05) is 35.5 Å². The maximum atomic E-state index is 12.9. The molecule has 0 atom stereocenters. The van der Waals surface area contributed by atoms with Gasteiger partial charge in [0.05, 0.1) is 11.4 Å². The Morgan fingerprint density at radius 3 is 2.23 bits per heavy atom. The molecule has 0 fully saturated rings. The fraction of sp³-hybridized carbons (Fsp3) is 0.154. The van der Waals surface area contributed by atoms with Crippen molar-refractivity contribution >= 4 is 46.7 Å². The van der Waals surface area contributed by atoms with Gasteiger partial charge in [0.15, 0.2) is 10.9 Å². The van der Waals surface area contributed by atoms with E-state index in [4.69, 9.17) is 23.2 Å². The molecule has 0 aliphatic carbocycles. The summed E-state index contributed by atoms with van der Waals surface area (Å²) in [5.41, 5.74) is 3.46. The van der Waals surface area contributed by atoms with Crippen LogP contribution >= 0.6 is 35.0 Å². The minimum absolute atomic E-state index is 0.0203. The van der Waals surface area contributed by atoms with Crippen molar-refractivity contribution in [1.82, 2.24) is 20.1 Å². The Balaban J connectivity index is 1.52. The second-order valence-corrected chi connectivity index (χ2v) is 9.57. The largest absolute Gasteiger partial charge is 0.356 e. The molecule has 0 aliphatic heterocycles. The second-order valence-electron chi connectivity index (χ2n) is 7.75. The molecule has 0 saturated carbocycles. The highest BCUT2D eigenvalue weighted by molar-refractivity contribution is 7.99. The molecule has 0 radical (unpaired) electrons. The predicted octanol–water partition coefficient (Wildman–Crippen LogP) is 5.89. The maximum Gasteiger partial charge on any atom is 0.216 e. The normalized spacial score (nSPS) is 10.8. The van der Waals surface area contributed by atoms with Crippen LogP contribution in [0.4, 0.5) is 0 Å². The van der Waals surface area contributed by atoms with E-state index in [-0.39, 0.29) is 17.4 Å². The number of ketones is 1. The zero-order valence-electron chi connectivity index (χ0n) is 18.9. The second kappa shape index (κ2) is 11.5. The van der Waals surface area contributed by atoms with E-state index in [0.717, 1.165) is 11.1 Å². The molecule has 1 amide bonds. The smallest absolute Gasteiger partial charge is 0.216 e. The van der Waals surface area contributed by atoms with E-state index >= 15 is 0 Å². The molecule has 3 aromatic carbocycles. The van der Waals surface area contributed by atoms with Gasteiger partial charge in [-0.05, 0) is 29.3 Å². The fourth-order valence-corrected chi connectivity index (χ4v) is 4.91. The number of rotatable bonds is 9. The van der Waals surface area contributed by atoms with E-state index in [9.17, 15) is 9.59 Å². The van der Waals surface area contributed by atoms with E-state index in [1.165, 1.54) is 18.7 Å². The van der Waals surface area contributed by atoms with Crippen LogP contribution in [0.15, 0.2) is 78.0 Å². The molecule has 0 bridgehead atoms. The van der Waals surface area contributed by atoms with Gasteiger partial charge in [0.25, 0.3) is 0 Å². The molecule has 9 heteroatoms. The highest BCUT2D eigenvalue weighted by Gasteiger charge is 2.17. The Labute approximate surface area is 217 Å². The number of Topliss-reactive ketones (excluding diaryl/α,β-unsaturated/α-hetero) is 1. The molecule has 1 N–H and O–H groups in total. The third-order valence-electron chi connectivity index (χ3n) is 5.17. The quantitative estimate of drug-likeness (QED) is 0.218. The lowest BCUT2D eigenvalue weighted by molar-refractivity contribution is -0.118. The summed E-state index contributed by atoms with van der Waals surface area (Å²) >= 11 is 13.7. The number of halogens is 2. The molecule has 4 rings (SSSR count). The third-order valence-corrected chi connectivity index (χ3v) is 6.54. The van der Waals surface area contributed by atoms with Gasteiger partial charge in [-0.25, -0.2) is 0 Å². The summed E-state index contributed by atoms with van der Waals surface area (Å²) in [4.78, 5) is 24.2. The van der Waals surface area contributed by atoms with Crippen molar-refractivity contribution in [2.75, 3.05) is 12.3 Å². The minimum Gasteiger partial charge on any atom is -0.356 e. The van der Waals surface area contributed by atoms with Crippen LogP contribution in [0, 0.1) is 0 Å². The first kappa shape index (κ1) is 25.0. The Bertz CT molecular complexity index is 1320. The van der Waals surface area contributed by atoms with Gasteiger partial charge in [-0.15, -0.1) is 10.2 Å². The lowest BCUT2D eigenvalue weighted by Crippen LogP contribution is -2.23. The number of nitrogens with one attached hydrogen (secondary N) is 1. The third kappa shape index (κ3) is 6.51. The Morgan fingerprint density at radius 1 is 0.914 bits per heavy atom. The molecular weight excluding hydrogens is 503 g/mol. The minimum atomic E-state index is -0.125. The summed E-state index contributed by atoms with van der Waals surface area (Å²) in [6.45, 7) is 1.86. The maximum absolute atomic E-state index is 12.9. The van der Waals surface area contributed by atoms with E-state index in [1.807, 2.05) is 59.2 Å². The average molecular weight is 525 g/mol. The summed E-state index contributed by atoms with van der Waals surface area (Å²) in [6.07, 6.45) is 0.451. The number of amides is 1. The highest BCUT2D eigenvalue weighted by atomic mass is 35.5. The monoisotopic (exact) mass is 524 g/mol. The number of hydrogen-bond donors (Lipinski definition) is 1. The van der Waals surface area contributed by atoms with Crippen LogP contribution in [-0.4, -0.2) is 38.8 Å². The molecule has 1 aromatic heterocycles. The number of thioether (sulfide) groups is 1. The SMILES string of the molecule is CC(=O)NCCc1nnc(SCC(=O)c2ccc(-c3ccccc3)cc2)n1-c1cc(Cl)cc(Cl)c1. The summed E-state index contributed by atoms with van der Waals surface area (Å²) in [5, 5.41) is 12.8. The molecule has 1 heterocycles. The molecule has 6 nitrogen and oxygen atoms in total. The van der Waals surface area contributed by atoms with E-state index in [1.54, 1.807) is 18.2 Å². The number of carbonyl (C=O) groups is 2. The molecule has 178 valence electrons. The van der Waals surface area contributed by atoms with Gasteiger partial charge in [-0.3, -0.25) is 14.2 Å². The van der Waals surface area contributed by atoms with Crippen molar-refractivity contribution in [1.29, 1.82) is 0 Å². The molecular formula is C26H22Cl2N4O2S. The number of hydrogen-bond acceptors (Lipinski definition) is 5. The van der Waals surface area contributed by atoms with Crippen molar-refractivity contribution in [2.45, 2.75) is 18.5 Å². The molecule has 0 aliphatic rings. The van der Waals surface area contributed by atoms with Crippen LogP contribution in [0.25, 0.3) is 16.8 Å². The average Bonchev–Trinajstić information content (AvgIpc) is 3.25. The lowest BCUT2D eigenvalue weighted by Gasteiger charge is -2.11. The van der Waals surface area contributed by atoms with Gasteiger partial charge >= 0.3 is 0 Å². The Hall–Kier alpha value is -3.13. The van der Waals surface area contributed by atoms with Crippen LogP contribution in [0.1, 0.15) is 23.1 Å². The number of aromatic nitrogens is 3. The molecule has 4 aromatic rings. The van der Waals surface area contributed by atoms with Crippen LogP contribution < -0.4 is 5.32 Å². The van der Waals surface area contributed by atoms with Crippen LogP contribution in [-0.2, 0) is 11.2 Å². The van der Waals surface area contributed by atoms with E-state index < -0.39 is 0 Å². The Kier molecular flexibility index (Phi) is 8.23. The standard InChI is InChI=1S/C26H22Cl2N4O2S/c1-17(33)29-12-11-25-30-31-26(32(25)23-14-21(27)13-22(28)15-23)35-16-24(34)20-9-7-19(8-10-20)18-5-3-2-4-6-18/h2-10,13-15H,11-12,16H2,1H3,(H,29,33). The van der Waals surface area contributed by atoms with Crippen LogP contribution in [0.5, 0.6) is 0 Å². The summed E-state index contributed by atoms with van der Waals surface area (Å²) in [7, 11) is 0. The van der Waals surface area contributed by atoms with Crippen molar-refractivity contribution < 1.29 is 9.59 Å². The zero-order chi connectivity index (χ0) is 24.8. The van der Waals surface area contributed by atoms with Gasteiger partial charge < -0.3 is 5.32 Å². The molecule has 35 heavy (non-hydrogen) atoms. The first-order valence-electron chi connectivity index (χ1n) is 10.9.